The zero-order valence-electron chi connectivity index (χ0n) is 11.7. The first kappa shape index (κ1) is 12.7. The first-order chi connectivity index (χ1) is 9.36. The van der Waals surface area contributed by atoms with Crippen LogP contribution in [0.4, 0.5) is 0 Å². The highest BCUT2D eigenvalue weighted by atomic mass is 15.2. The van der Waals surface area contributed by atoms with Crippen LogP contribution in [0.3, 0.4) is 0 Å². The average Bonchev–Trinajstić information content (AvgIpc) is 3.05. The first-order valence-corrected chi connectivity index (χ1v) is 7.31. The Labute approximate surface area is 115 Å². The fourth-order valence-electron chi connectivity index (χ4n) is 3.01. The maximum atomic E-state index is 3.20. The third-order valence-electron chi connectivity index (χ3n) is 4.07. The molecule has 2 aromatic rings. The standard InChI is InChI=1S/C16H23N3/c1-17-13-14-4-5-16-15(12-14)6-9-19(16)11-10-18-7-2-3-8-18/h4-6,9,12,17H,2-3,7-8,10-11,13H2,1H3. The van der Waals surface area contributed by atoms with Gasteiger partial charge < -0.3 is 14.8 Å². The molecule has 1 fully saturated rings. The molecule has 1 aromatic carbocycles. The Morgan fingerprint density at radius 3 is 2.74 bits per heavy atom. The van der Waals surface area contributed by atoms with Gasteiger partial charge in [-0.25, -0.2) is 0 Å². The maximum absolute atomic E-state index is 3.20. The Kier molecular flexibility index (Phi) is 3.85. The van der Waals surface area contributed by atoms with Gasteiger partial charge in [-0.05, 0) is 62.1 Å². The number of aromatic nitrogens is 1. The number of likely N-dealkylation sites (tertiary alicyclic amines) is 1. The van der Waals surface area contributed by atoms with Crippen LogP contribution in [0.1, 0.15) is 18.4 Å². The van der Waals surface area contributed by atoms with E-state index >= 15 is 0 Å². The molecule has 1 saturated heterocycles. The Morgan fingerprint density at radius 2 is 1.95 bits per heavy atom. The molecule has 3 rings (SSSR count). The minimum Gasteiger partial charge on any atom is -0.346 e. The monoisotopic (exact) mass is 257 g/mol. The highest BCUT2D eigenvalue weighted by Crippen LogP contribution is 2.18. The van der Waals surface area contributed by atoms with Crippen LogP contribution in [0.15, 0.2) is 30.5 Å². The topological polar surface area (TPSA) is 20.2 Å². The summed E-state index contributed by atoms with van der Waals surface area (Å²) in [6, 6.07) is 9.01. The molecule has 102 valence electrons. The maximum Gasteiger partial charge on any atom is 0.0480 e. The molecule has 2 heterocycles. The molecular weight excluding hydrogens is 234 g/mol. The Bertz CT molecular complexity index is 538. The van der Waals surface area contributed by atoms with Crippen LogP contribution in [0.25, 0.3) is 10.9 Å². The van der Waals surface area contributed by atoms with E-state index in [1.807, 2.05) is 7.05 Å². The lowest BCUT2D eigenvalue weighted by molar-refractivity contribution is 0.324. The molecular formula is C16H23N3. The first-order valence-electron chi connectivity index (χ1n) is 7.31. The fourth-order valence-corrected chi connectivity index (χ4v) is 3.01. The molecule has 0 saturated carbocycles. The predicted molar refractivity (Wildman–Crippen MR) is 80.4 cm³/mol. The third-order valence-corrected chi connectivity index (χ3v) is 4.07. The van der Waals surface area contributed by atoms with Crippen LogP contribution in [0.5, 0.6) is 0 Å². The van der Waals surface area contributed by atoms with Crippen molar-refractivity contribution in [3.05, 3.63) is 36.0 Å². The van der Waals surface area contributed by atoms with Crippen molar-refractivity contribution >= 4 is 10.9 Å². The SMILES string of the molecule is CNCc1ccc2c(ccn2CCN2CCCC2)c1. The van der Waals surface area contributed by atoms with Gasteiger partial charge in [-0.2, -0.15) is 0 Å². The summed E-state index contributed by atoms with van der Waals surface area (Å²) < 4.78 is 2.39. The molecule has 0 spiro atoms. The van der Waals surface area contributed by atoms with Gasteiger partial charge in [-0.15, -0.1) is 0 Å². The van der Waals surface area contributed by atoms with Gasteiger partial charge in [0.05, 0.1) is 0 Å². The summed E-state index contributed by atoms with van der Waals surface area (Å²) in [5.41, 5.74) is 2.71. The lowest BCUT2D eigenvalue weighted by Gasteiger charge is -2.15. The summed E-state index contributed by atoms with van der Waals surface area (Å²) in [5, 5.41) is 4.56. The minimum absolute atomic E-state index is 0.939. The number of nitrogens with one attached hydrogen (secondary N) is 1. The Hall–Kier alpha value is -1.32. The highest BCUT2D eigenvalue weighted by molar-refractivity contribution is 5.80. The predicted octanol–water partition coefficient (Wildman–Crippen LogP) is 2.46. The average molecular weight is 257 g/mol. The van der Waals surface area contributed by atoms with Crippen LogP contribution in [0.2, 0.25) is 0 Å². The number of hydrogen-bond donors (Lipinski definition) is 1. The smallest absolute Gasteiger partial charge is 0.0480 e. The van der Waals surface area contributed by atoms with E-state index in [4.69, 9.17) is 0 Å². The molecule has 0 atom stereocenters. The van der Waals surface area contributed by atoms with E-state index in [-0.39, 0.29) is 0 Å². The summed E-state index contributed by atoms with van der Waals surface area (Å²) in [5.74, 6) is 0. The van der Waals surface area contributed by atoms with E-state index in [2.05, 4.69) is 45.2 Å². The summed E-state index contributed by atoms with van der Waals surface area (Å²) in [6.45, 7) is 5.79. The Morgan fingerprint density at radius 1 is 1.11 bits per heavy atom. The van der Waals surface area contributed by atoms with E-state index in [1.54, 1.807) is 0 Å². The van der Waals surface area contributed by atoms with Gasteiger partial charge in [0.15, 0.2) is 0 Å². The molecule has 0 aliphatic carbocycles. The number of fused-ring (bicyclic) bond motifs is 1. The lowest BCUT2D eigenvalue weighted by atomic mass is 10.1. The molecule has 0 unspecified atom stereocenters. The van der Waals surface area contributed by atoms with Crippen molar-refractivity contribution in [3.63, 3.8) is 0 Å². The van der Waals surface area contributed by atoms with E-state index in [0.29, 0.717) is 0 Å². The zero-order chi connectivity index (χ0) is 13.1. The Balaban J connectivity index is 1.72. The third kappa shape index (κ3) is 2.82. The normalized spacial score (nSPS) is 16.5. The van der Waals surface area contributed by atoms with Gasteiger partial charge in [0.1, 0.15) is 0 Å². The second-order valence-corrected chi connectivity index (χ2v) is 5.48. The molecule has 0 radical (unpaired) electrons. The van der Waals surface area contributed by atoms with Gasteiger partial charge in [0.2, 0.25) is 0 Å². The van der Waals surface area contributed by atoms with Crippen molar-refractivity contribution < 1.29 is 0 Å². The molecule has 3 heteroatoms. The molecule has 1 N–H and O–H groups in total. The van der Waals surface area contributed by atoms with Crippen molar-refractivity contribution in [1.29, 1.82) is 0 Å². The molecule has 0 bridgehead atoms. The van der Waals surface area contributed by atoms with Crippen molar-refractivity contribution in [2.45, 2.75) is 25.9 Å². The molecule has 1 aromatic heterocycles. The van der Waals surface area contributed by atoms with Crippen LogP contribution in [-0.2, 0) is 13.1 Å². The van der Waals surface area contributed by atoms with Gasteiger partial charge >= 0.3 is 0 Å². The van der Waals surface area contributed by atoms with Crippen molar-refractivity contribution in [3.8, 4) is 0 Å². The number of benzene rings is 1. The largest absolute Gasteiger partial charge is 0.346 e. The minimum atomic E-state index is 0.939. The number of hydrogen-bond acceptors (Lipinski definition) is 2. The molecule has 0 amide bonds. The number of nitrogens with zero attached hydrogens (tertiary/aromatic N) is 2. The van der Waals surface area contributed by atoms with Crippen LogP contribution >= 0.6 is 0 Å². The molecule has 1 aliphatic rings. The zero-order valence-corrected chi connectivity index (χ0v) is 11.7. The van der Waals surface area contributed by atoms with Crippen molar-refractivity contribution in [2.75, 3.05) is 26.7 Å². The summed E-state index contributed by atoms with van der Waals surface area (Å²) >= 11 is 0. The van der Waals surface area contributed by atoms with Gasteiger partial charge in [-0.1, -0.05) is 6.07 Å². The van der Waals surface area contributed by atoms with Gasteiger partial charge in [0.25, 0.3) is 0 Å². The molecule has 1 aliphatic heterocycles. The summed E-state index contributed by atoms with van der Waals surface area (Å²) in [7, 11) is 1.99. The van der Waals surface area contributed by atoms with Crippen LogP contribution < -0.4 is 5.32 Å². The van der Waals surface area contributed by atoms with Gasteiger partial charge in [0, 0.05) is 31.3 Å². The van der Waals surface area contributed by atoms with Crippen molar-refractivity contribution in [2.24, 2.45) is 0 Å². The van der Waals surface area contributed by atoms with E-state index < -0.39 is 0 Å². The quantitative estimate of drug-likeness (QED) is 0.888. The van der Waals surface area contributed by atoms with Crippen LogP contribution in [-0.4, -0.2) is 36.1 Å². The summed E-state index contributed by atoms with van der Waals surface area (Å²) in [6.07, 6.45) is 4.98. The number of rotatable bonds is 5. The molecule has 19 heavy (non-hydrogen) atoms. The van der Waals surface area contributed by atoms with E-state index in [9.17, 15) is 0 Å². The summed E-state index contributed by atoms with van der Waals surface area (Å²) in [4.78, 5) is 2.57. The second-order valence-electron chi connectivity index (χ2n) is 5.48. The highest BCUT2D eigenvalue weighted by Gasteiger charge is 2.11. The van der Waals surface area contributed by atoms with E-state index in [1.165, 1.54) is 48.9 Å². The van der Waals surface area contributed by atoms with Crippen molar-refractivity contribution in [1.82, 2.24) is 14.8 Å². The second kappa shape index (κ2) is 5.76. The molecule has 3 nitrogen and oxygen atoms in total. The lowest BCUT2D eigenvalue weighted by Crippen LogP contribution is -2.23. The fraction of sp³-hybridized carbons (Fsp3) is 0.500. The van der Waals surface area contributed by atoms with Gasteiger partial charge in [-0.3, -0.25) is 0 Å². The van der Waals surface area contributed by atoms with E-state index in [0.717, 1.165) is 13.1 Å². The van der Waals surface area contributed by atoms with Crippen LogP contribution in [0, 0.1) is 0 Å².